The van der Waals surface area contributed by atoms with Crippen LogP contribution in [0.5, 0.6) is 5.75 Å². The van der Waals surface area contributed by atoms with Gasteiger partial charge in [0, 0.05) is 23.3 Å². The van der Waals surface area contributed by atoms with Crippen LogP contribution in [0.3, 0.4) is 0 Å². The molecular formula is C33H52O4. The van der Waals surface area contributed by atoms with Gasteiger partial charge in [-0.2, -0.15) is 0 Å². The maximum atomic E-state index is 12.9. The van der Waals surface area contributed by atoms with E-state index in [1.807, 2.05) is 6.92 Å². The summed E-state index contributed by atoms with van der Waals surface area (Å²) in [6.07, 6.45) is 17.1. The number of unbranched alkanes of at least 4 members (excludes halogenated alkanes) is 8. The molecule has 1 fully saturated rings. The van der Waals surface area contributed by atoms with Gasteiger partial charge in [-0.15, -0.1) is 0 Å². The van der Waals surface area contributed by atoms with Crippen molar-refractivity contribution in [2.24, 2.45) is 23.7 Å². The lowest BCUT2D eigenvalue weighted by Crippen LogP contribution is -2.30. The fourth-order valence-electron chi connectivity index (χ4n) is 5.57. The Labute approximate surface area is 226 Å². The average molecular weight is 513 g/mol. The Morgan fingerprint density at radius 2 is 1.19 bits per heavy atom. The molecule has 1 aliphatic carbocycles. The number of ketones is 2. The molecule has 0 radical (unpaired) electrons. The highest BCUT2D eigenvalue weighted by atomic mass is 16.5. The first-order valence-corrected chi connectivity index (χ1v) is 15.3. The van der Waals surface area contributed by atoms with Crippen molar-refractivity contribution in [1.29, 1.82) is 0 Å². The van der Waals surface area contributed by atoms with Gasteiger partial charge in [-0.3, -0.25) is 14.4 Å². The average Bonchev–Trinajstić information content (AvgIpc) is 2.92. The van der Waals surface area contributed by atoms with Crippen molar-refractivity contribution in [3.8, 4) is 5.75 Å². The van der Waals surface area contributed by atoms with E-state index in [4.69, 9.17) is 4.74 Å². The number of carbonyl (C=O) groups excluding carboxylic acids is 3. The summed E-state index contributed by atoms with van der Waals surface area (Å²) in [4.78, 5) is 38.4. The summed E-state index contributed by atoms with van der Waals surface area (Å²) in [5.41, 5.74) is 0.680. The first-order chi connectivity index (χ1) is 17.9. The van der Waals surface area contributed by atoms with Crippen LogP contribution in [0.4, 0.5) is 0 Å². The zero-order valence-corrected chi connectivity index (χ0v) is 24.1. The summed E-state index contributed by atoms with van der Waals surface area (Å²) in [6, 6.07) is 7.02. The number of rotatable bonds is 18. The molecular weight excluding hydrogens is 460 g/mol. The first kappa shape index (κ1) is 31.2. The monoisotopic (exact) mass is 512 g/mol. The van der Waals surface area contributed by atoms with Crippen LogP contribution in [0.25, 0.3) is 0 Å². The molecule has 2 unspecified atom stereocenters. The van der Waals surface area contributed by atoms with Gasteiger partial charge >= 0.3 is 5.97 Å². The summed E-state index contributed by atoms with van der Waals surface area (Å²) >= 11 is 0. The molecule has 1 aliphatic rings. The van der Waals surface area contributed by atoms with Crippen molar-refractivity contribution in [2.75, 3.05) is 0 Å². The highest BCUT2D eigenvalue weighted by molar-refractivity contribution is 5.97. The van der Waals surface area contributed by atoms with Crippen molar-refractivity contribution in [1.82, 2.24) is 0 Å². The van der Waals surface area contributed by atoms with Crippen LogP contribution < -0.4 is 4.74 Å². The molecule has 1 saturated carbocycles. The third-order valence-corrected chi connectivity index (χ3v) is 8.23. The molecule has 208 valence electrons. The third-order valence-electron chi connectivity index (χ3n) is 8.23. The third kappa shape index (κ3) is 11.1. The lowest BCUT2D eigenvalue weighted by Gasteiger charge is -2.28. The number of Topliss-reactive ketones (excluding diaryl/α,β-unsaturated/α-hetero) is 2. The van der Waals surface area contributed by atoms with Gasteiger partial charge in [0.25, 0.3) is 0 Å². The van der Waals surface area contributed by atoms with Gasteiger partial charge in [-0.25, -0.2) is 0 Å². The number of benzene rings is 1. The minimum Gasteiger partial charge on any atom is -0.426 e. The second kappa shape index (κ2) is 17.5. The van der Waals surface area contributed by atoms with Crippen LogP contribution in [0.2, 0.25) is 0 Å². The van der Waals surface area contributed by atoms with E-state index in [0.717, 1.165) is 38.5 Å². The van der Waals surface area contributed by atoms with Gasteiger partial charge in [0.15, 0.2) is 5.78 Å². The molecule has 4 heteroatoms. The number of ether oxygens (including phenoxy) is 1. The van der Waals surface area contributed by atoms with E-state index in [0.29, 0.717) is 29.9 Å². The molecule has 1 aromatic rings. The number of carbonyl (C=O) groups is 3. The normalized spacial score (nSPS) is 19.2. The van der Waals surface area contributed by atoms with Gasteiger partial charge in [0.1, 0.15) is 11.5 Å². The Morgan fingerprint density at radius 3 is 1.73 bits per heavy atom. The van der Waals surface area contributed by atoms with E-state index >= 15 is 0 Å². The van der Waals surface area contributed by atoms with Gasteiger partial charge in [-0.1, -0.05) is 91.9 Å². The first-order valence-electron chi connectivity index (χ1n) is 15.3. The van der Waals surface area contributed by atoms with Gasteiger partial charge in [-0.05, 0) is 62.8 Å². The van der Waals surface area contributed by atoms with Crippen molar-refractivity contribution in [2.45, 2.75) is 130 Å². The molecule has 0 N–H and O–H groups in total. The van der Waals surface area contributed by atoms with E-state index in [9.17, 15) is 14.4 Å². The minimum absolute atomic E-state index is 0.0108. The van der Waals surface area contributed by atoms with Crippen LogP contribution in [-0.4, -0.2) is 17.5 Å². The largest absolute Gasteiger partial charge is 0.426 e. The van der Waals surface area contributed by atoms with Gasteiger partial charge < -0.3 is 4.74 Å². The van der Waals surface area contributed by atoms with Crippen LogP contribution in [0.1, 0.15) is 141 Å². The molecule has 0 saturated heterocycles. The number of hydrogen-bond donors (Lipinski definition) is 0. The lowest BCUT2D eigenvalue weighted by atomic mass is 9.77. The lowest BCUT2D eigenvalue weighted by molar-refractivity contribution is -0.141. The predicted molar refractivity (Wildman–Crippen MR) is 152 cm³/mol. The second-order valence-corrected chi connectivity index (χ2v) is 11.5. The highest BCUT2D eigenvalue weighted by Crippen LogP contribution is 2.33. The number of hydrogen-bond acceptors (Lipinski definition) is 4. The van der Waals surface area contributed by atoms with Gasteiger partial charge in [0.2, 0.25) is 0 Å². The predicted octanol–water partition coefficient (Wildman–Crippen LogP) is 9.14. The topological polar surface area (TPSA) is 60.4 Å². The fraction of sp³-hybridized carbons (Fsp3) is 0.727. The molecule has 37 heavy (non-hydrogen) atoms. The summed E-state index contributed by atoms with van der Waals surface area (Å²) in [5, 5.41) is 0. The Morgan fingerprint density at radius 1 is 0.703 bits per heavy atom. The van der Waals surface area contributed by atoms with Crippen molar-refractivity contribution >= 4 is 17.5 Å². The fourth-order valence-corrected chi connectivity index (χ4v) is 5.57. The molecule has 0 spiro atoms. The number of esters is 1. The molecule has 0 aromatic heterocycles. The summed E-state index contributed by atoms with van der Waals surface area (Å²) in [6.45, 7) is 8.50. The van der Waals surface area contributed by atoms with E-state index in [2.05, 4.69) is 20.8 Å². The Bertz CT molecular complexity index is 804. The van der Waals surface area contributed by atoms with E-state index in [1.54, 1.807) is 24.3 Å². The smallest absolute Gasteiger partial charge is 0.314 e. The van der Waals surface area contributed by atoms with Crippen molar-refractivity contribution in [3.63, 3.8) is 0 Å². The molecule has 0 heterocycles. The molecule has 0 bridgehead atoms. The summed E-state index contributed by atoms with van der Waals surface area (Å²) in [7, 11) is 0. The molecule has 2 atom stereocenters. The van der Waals surface area contributed by atoms with E-state index < -0.39 is 0 Å². The second-order valence-electron chi connectivity index (χ2n) is 11.5. The van der Waals surface area contributed by atoms with Crippen LogP contribution >= 0.6 is 0 Å². The maximum Gasteiger partial charge on any atom is 0.314 e. The zero-order chi connectivity index (χ0) is 27.0. The minimum atomic E-state index is -0.214. The van der Waals surface area contributed by atoms with Crippen LogP contribution in [0.15, 0.2) is 24.3 Å². The van der Waals surface area contributed by atoms with E-state index in [1.165, 1.54) is 51.4 Å². The van der Waals surface area contributed by atoms with Crippen LogP contribution in [0, 0.1) is 23.7 Å². The molecule has 0 aliphatic heterocycles. The molecule has 2 rings (SSSR count). The Hall–Kier alpha value is -1.97. The van der Waals surface area contributed by atoms with E-state index in [-0.39, 0.29) is 35.4 Å². The van der Waals surface area contributed by atoms with Gasteiger partial charge in [0.05, 0.1) is 5.92 Å². The summed E-state index contributed by atoms with van der Waals surface area (Å²) in [5.74, 6) is 0.898. The Kier molecular flexibility index (Phi) is 14.8. The molecule has 0 amide bonds. The standard InChI is InChI=1S/C33H52O4/c1-5-7-9-11-13-15-25(3)31(34)27-17-19-29(20-18-27)33(36)37-30-23-21-28(22-24-30)32(35)26(4)16-14-12-10-8-6-2/h21-27,29H,5-20H2,1-4H3. The van der Waals surface area contributed by atoms with Crippen molar-refractivity contribution < 1.29 is 19.1 Å². The zero-order valence-electron chi connectivity index (χ0n) is 24.1. The van der Waals surface area contributed by atoms with Crippen LogP contribution in [-0.2, 0) is 9.59 Å². The van der Waals surface area contributed by atoms with Crippen molar-refractivity contribution in [3.05, 3.63) is 29.8 Å². The maximum absolute atomic E-state index is 12.9. The molecule has 4 nitrogen and oxygen atoms in total. The summed E-state index contributed by atoms with van der Waals surface area (Å²) < 4.78 is 5.64. The highest BCUT2D eigenvalue weighted by Gasteiger charge is 2.32. The Balaban J connectivity index is 1.73. The SMILES string of the molecule is CCCCCCCC(C)C(=O)c1ccc(OC(=O)C2CCC(C(=O)C(C)CCCCCCC)CC2)cc1. The molecule has 1 aromatic carbocycles. The quantitative estimate of drug-likeness (QED) is 0.0851.